The Hall–Kier alpha value is -3.52. The Labute approximate surface area is 191 Å². The average molecular weight is 451 g/mol. The molecule has 0 aliphatic carbocycles. The topological polar surface area (TPSA) is 94.5 Å². The number of rotatable bonds is 5. The molecular weight excluding hydrogens is 426 g/mol. The van der Waals surface area contributed by atoms with Crippen LogP contribution in [0.25, 0.3) is 5.76 Å². The highest BCUT2D eigenvalue weighted by Crippen LogP contribution is 2.44. The van der Waals surface area contributed by atoms with Crippen LogP contribution in [-0.2, 0) is 14.3 Å². The first-order valence-corrected chi connectivity index (χ1v) is 11.0. The van der Waals surface area contributed by atoms with Gasteiger partial charge in [0.15, 0.2) is 11.5 Å². The normalized spacial score (nSPS) is 23.7. The molecule has 1 N–H and O–H groups in total. The fourth-order valence-corrected chi connectivity index (χ4v) is 4.64. The van der Waals surface area contributed by atoms with E-state index in [1.165, 1.54) is 12.0 Å². The number of hydrogen-bond acceptors (Lipinski definition) is 7. The number of para-hydroxylation sites is 1. The van der Waals surface area contributed by atoms with Gasteiger partial charge in [-0.2, -0.15) is 0 Å². The summed E-state index contributed by atoms with van der Waals surface area (Å²) in [6, 6.07) is 11.3. The fraction of sp³-hybridized carbons (Fsp3) is 0.360. The number of hydrogen-bond donors (Lipinski definition) is 1. The van der Waals surface area contributed by atoms with Gasteiger partial charge in [-0.1, -0.05) is 18.2 Å². The van der Waals surface area contributed by atoms with Gasteiger partial charge in [-0.25, -0.2) is 0 Å². The van der Waals surface area contributed by atoms with Gasteiger partial charge in [0.25, 0.3) is 11.7 Å². The Kier molecular flexibility index (Phi) is 5.68. The number of aliphatic hydroxyl groups excluding tert-OH is 1. The molecule has 0 aromatic heterocycles. The molecule has 5 rings (SSSR count). The first kappa shape index (κ1) is 21.3. The van der Waals surface area contributed by atoms with E-state index in [1.807, 2.05) is 12.1 Å². The van der Waals surface area contributed by atoms with Crippen LogP contribution in [0.5, 0.6) is 17.2 Å². The summed E-state index contributed by atoms with van der Waals surface area (Å²) in [5, 5.41) is 11.3. The molecule has 3 aliphatic heterocycles. The van der Waals surface area contributed by atoms with E-state index in [0.29, 0.717) is 48.2 Å². The number of amides is 1. The molecule has 1 amide bonds. The third kappa shape index (κ3) is 3.80. The minimum absolute atomic E-state index is 0.0131. The van der Waals surface area contributed by atoms with E-state index in [1.54, 1.807) is 30.3 Å². The van der Waals surface area contributed by atoms with Crippen molar-refractivity contribution in [2.45, 2.75) is 25.0 Å². The van der Waals surface area contributed by atoms with Crippen molar-refractivity contribution in [3.05, 3.63) is 59.2 Å². The van der Waals surface area contributed by atoms with Crippen molar-refractivity contribution >= 4 is 17.4 Å². The number of nitrogens with zero attached hydrogens (tertiary/aromatic N) is 1. The van der Waals surface area contributed by atoms with Crippen molar-refractivity contribution in [3.63, 3.8) is 0 Å². The minimum atomic E-state index is -0.807. The highest BCUT2D eigenvalue weighted by Gasteiger charge is 2.48. The van der Waals surface area contributed by atoms with Crippen molar-refractivity contribution in [1.82, 2.24) is 4.90 Å². The SMILES string of the molecule is COc1ccccc1C1/C(=C(\O)c2ccc3c(c2)OCCO3)C(=O)C(=O)N1CC1CCCO1. The van der Waals surface area contributed by atoms with Gasteiger partial charge in [-0.3, -0.25) is 9.59 Å². The quantitative estimate of drug-likeness (QED) is 0.424. The molecular formula is C25H25NO7. The number of Topliss-reactive ketones (excluding diaryl/α,β-unsaturated/α-hetero) is 1. The molecule has 0 radical (unpaired) electrons. The molecule has 172 valence electrons. The molecule has 2 saturated heterocycles. The molecule has 2 aromatic carbocycles. The number of aliphatic hydroxyl groups is 1. The van der Waals surface area contributed by atoms with Gasteiger partial charge in [0.05, 0.1) is 24.8 Å². The number of fused-ring (bicyclic) bond motifs is 1. The van der Waals surface area contributed by atoms with Gasteiger partial charge >= 0.3 is 0 Å². The third-order valence-electron chi connectivity index (χ3n) is 6.21. The monoisotopic (exact) mass is 451 g/mol. The number of carbonyl (C=O) groups is 2. The predicted molar refractivity (Wildman–Crippen MR) is 118 cm³/mol. The van der Waals surface area contributed by atoms with Crippen LogP contribution in [0.2, 0.25) is 0 Å². The van der Waals surface area contributed by atoms with Crippen molar-refractivity contribution in [2.75, 3.05) is 33.5 Å². The number of carbonyl (C=O) groups excluding carboxylic acids is 2. The maximum absolute atomic E-state index is 13.2. The summed E-state index contributed by atoms with van der Waals surface area (Å²) in [7, 11) is 1.53. The van der Waals surface area contributed by atoms with Crippen LogP contribution in [0.15, 0.2) is 48.0 Å². The molecule has 2 aromatic rings. The zero-order valence-corrected chi connectivity index (χ0v) is 18.3. The standard InChI is InChI=1S/C25H25NO7/c1-30-18-7-3-2-6-17(18)22-21(24(28)25(29)26(22)14-16-5-4-10-31-16)23(27)15-8-9-19-20(13-15)33-12-11-32-19/h2-3,6-9,13,16,22,27H,4-5,10-12,14H2,1H3/b23-21+. The van der Waals surface area contributed by atoms with E-state index in [-0.39, 0.29) is 24.0 Å². The molecule has 2 fully saturated rings. The number of ether oxygens (including phenoxy) is 4. The Bertz CT molecular complexity index is 1120. The van der Waals surface area contributed by atoms with Crippen LogP contribution in [-0.4, -0.2) is 61.3 Å². The first-order valence-electron chi connectivity index (χ1n) is 11.0. The van der Waals surface area contributed by atoms with E-state index in [2.05, 4.69) is 0 Å². The summed E-state index contributed by atoms with van der Waals surface area (Å²) < 4.78 is 22.4. The van der Waals surface area contributed by atoms with Crippen LogP contribution >= 0.6 is 0 Å². The van der Waals surface area contributed by atoms with E-state index in [4.69, 9.17) is 18.9 Å². The van der Waals surface area contributed by atoms with Crippen molar-refractivity contribution < 1.29 is 33.6 Å². The van der Waals surface area contributed by atoms with E-state index in [9.17, 15) is 14.7 Å². The van der Waals surface area contributed by atoms with Crippen LogP contribution in [0, 0.1) is 0 Å². The van der Waals surface area contributed by atoms with Crippen LogP contribution in [0.3, 0.4) is 0 Å². The second-order valence-corrected chi connectivity index (χ2v) is 8.19. The van der Waals surface area contributed by atoms with E-state index >= 15 is 0 Å². The van der Waals surface area contributed by atoms with Crippen molar-refractivity contribution in [2.24, 2.45) is 0 Å². The van der Waals surface area contributed by atoms with Gasteiger partial charge in [-0.05, 0) is 37.1 Å². The molecule has 3 aliphatic rings. The van der Waals surface area contributed by atoms with Crippen LogP contribution in [0.4, 0.5) is 0 Å². The van der Waals surface area contributed by atoms with Gasteiger partial charge in [0, 0.05) is 24.3 Å². The lowest BCUT2D eigenvalue weighted by Gasteiger charge is -2.28. The number of likely N-dealkylation sites (tertiary alicyclic amines) is 1. The third-order valence-corrected chi connectivity index (χ3v) is 6.21. The Morgan fingerprint density at radius 2 is 1.88 bits per heavy atom. The Morgan fingerprint density at radius 1 is 1.09 bits per heavy atom. The molecule has 3 heterocycles. The number of methoxy groups -OCH3 is 1. The Morgan fingerprint density at radius 3 is 2.64 bits per heavy atom. The molecule has 8 heteroatoms. The predicted octanol–water partition coefficient (Wildman–Crippen LogP) is 3.07. The van der Waals surface area contributed by atoms with Gasteiger partial charge in [-0.15, -0.1) is 0 Å². The second-order valence-electron chi connectivity index (χ2n) is 8.19. The summed E-state index contributed by atoms with van der Waals surface area (Å²) in [6.45, 7) is 1.72. The lowest BCUT2D eigenvalue weighted by Crippen LogP contribution is -2.36. The van der Waals surface area contributed by atoms with Gasteiger partial charge in [0.2, 0.25) is 0 Å². The second kappa shape index (κ2) is 8.78. The summed E-state index contributed by atoms with van der Waals surface area (Å²) >= 11 is 0. The van der Waals surface area contributed by atoms with Gasteiger partial charge in [0.1, 0.15) is 24.7 Å². The lowest BCUT2D eigenvalue weighted by molar-refractivity contribution is -0.140. The highest BCUT2D eigenvalue weighted by molar-refractivity contribution is 6.46. The highest BCUT2D eigenvalue weighted by atomic mass is 16.6. The maximum atomic E-state index is 13.2. The number of benzene rings is 2. The van der Waals surface area contributed by atoms with Crippen molar-refractivity contribution in [1.29, 1.82) is 0 Å². The average Bonchev–Trinajstić information content (AvgIpc) is 3.45. The molecule has 33 heavy (non-hydrogen) atoms. The maximum Gasteiger partial charge on any atom is 0.295 e. The summed E-state index contributed by atoms with van der Waals surface area (Å²) in [5.41, 5.74) is 1.00. The summed E-state index contributed by atoms with van der Waals surface area (Å²) in [4.78, 5) is 27.9. The molecule has 0 bridgehead atoms. The van der Waals surface area contributed by atoms with Crippen molar-refractivity contribution in [3.8, 4) is 17.2 Å². The molecule has 2 atom stereocenters. The zero-order chi connectivity index (χ0) is 22.9. The van der Waals surface area contributed by atoms with E-state index in [0.717, 1.165) is 12.8 Å². The summed E-state index contributed by atoms with van der Waals surface area (Å²) in [6.07, 6.45) is 1.56. The summed E-state index contributed by atoms with van der Waals surface area (Å²) in [5.74, 6) is -0.103. The van der Waals surface area contributed by atoms with E-state index < -0.39 is 17.7 Å². The smallest absolute Gasteiger partial charge is 0.295 e. The van der Waals surface area contributed by atoms with Gasteiger partial charge < -0.3 is 29.0 Å². The zero-order valence-electron chi connectivity index (χ0n) is 18.3. The first-order chi connectivity index (χ1) is 16.1. The molecule has 0 saturated carbocycles. The van der Waals surface area contributed by atoms with Crippen LogP contribution < -0.4 is 14.2 Å². The fourth-order valence-electron chi connectivity index (χ4n) is 4.64. The number of ketones is 1. The van der Waals surface area contributed by atoms with Crippen LogP contribution in [0.1, 0.15) is 30.0 Å². The minimum Gasteiger partial charge on any atom is -0.507 e. The molecule has 8 nitrogen and oxygen atoms in total. The Balaban J connectivity index is 1.63. The largest absolute Gasteiger partial charge is 0.507 e. The lowest BCUT2D eigenvalue weighted by atomic mass is 9.94. The molecule has 0 spiro atoms. The molecule has 2 unspecified atom stereocenters.